The topological polar surface area (TPSA) is 0 Å². The van der Waals surface area contributed by atoms with E-state index in [1.807, 2.05) is 5.56 Å². The van der Waals surface area contributed by atoms with Gasteiger partial charge in [-0.05, 0) is 73.0 Å². The number of rotatable bonds is 3. The first-order chi connectivity index (χ1) is 10.8. The van der Waals surface area contributed by atoms with Crippen molar-refractivity contribution in [3.63, 3.8) is 0 Å². The summed E-state index contributed by atoms with van der Waals surface area (Å²) in [6, 6.07) is 4.88. The Morgan fingerprint density at radius 2 is 1.05 bits per heavy atom. The predicted molar refractivity (Wildman–Crippen MR) is 95.5 cm³/mol. The molecule has 0 aromatic heterocycles. The third-order valence-electron chi connectivity index (χ3n) is 6.64. The molecule has 0 aliphatic heterocycles. The first kappa shape index (κ1) is 15.0. The molecular weight excluding hydrogens is 280 g/mol. The molecule has 3 fully saturated rings. The molecule has 3 aliphatic rings. The zero-order valence-electron chi connectivity index (χ0n) is 13.9. The molecule has 0 heterocycles. The van der Waals surface area contributed by atoms with E-state index >= 15 is 0 Å². The van der Waals surface area contributed by atoms with E-state index in [0.29, 0.717) is 0 Å². The van der Waals surface area contributed by atoms with Crippen LogP contribution >= 0.6 is 0 Å². The van der Waals surface area contributed by atoms with Gasteiger partial charge in [0.2, 0.25) is 0 Å². The highest BCUT2D eigenvalue weighted by molar-refractivity contribution is 6.33. The van der Waals surface area contributed by atoms with Gasteiger partial charge in [0.25, 0.3) is 0 Å². The van der Waals surface area contributed by atoms with Crippen LogP contribution in [0.15, 0.2) is 12.1 Å². The van der Waals surface area contributed by atoms with Gasteiger partial charge < -0.3 is 0 Å². The smallest absolute Gasteiger partial charge is 0.0636 e. The molecule has 117 valence electrons. The van der Waals surface area contributed by atoms with Crippen molar-refractivity contribution in [2.75, 3.05) is 0 Å². The molecule has 0 atom stereocenters. The van der Waals surface area contributed by atoms with Gasteiger partial charge in [0.1, 0.15) is 0 Å². The van der Waals surface area contributed by atoms with Crippen molar-refractivity contribution < 1.29 is 0 Å². The number of hydrogen-bond acceptors (Lipinski definition) is 0. The summed E-state index contributed by atoms with van der Waals surface area (Å²) in [4.78, 5) is 0. The number of benzene rings is 1. The van der Waals surface area contributed by atoms with Crippen molar-refractivity contribution in [2.45, 2.75) is 94.8 Å². The second kappa shape index (κ2) is 6.51. The Hall–Kier alpha value is -0.563. The highest BCUT2D eigenvalue weighted by Gasteiger charge is 2.31. The molecule has 0 N–H and O–H groups in total. The van der Waals surface area contributed by atoms with Crippen LogP contribution < -0.4 is 5.19 Å². The Morgan fingerprint density at radius 3 is 1.59 bits per heavy atom. The average Bonchev–Trinajstić information content (AvgIpc) is 3.28. The van der Waals surface area contributed by atoms with E-state index in [1.165, 1.54) is 82.2 Å². The summed E-state index contributed by atoms with van der Waals surface area (Å²) in [5, 5.41) is 1.41. The molecular formula is C21H29Si. The van der Waals surface area contributed by atoms with E-state index in [4.69, 9.17) is 0 Å². The minimum Gasteiger partial charge on any atom is -0.0636 e. The molecule has 0 bridgehead atoms. The first-order valence-electron chi connectivity index (χ1n) is 9.73. The minimum absolute atomic E-state index is 0.837. The van der Waals surface area contributed by atoms with Crippen molar-refractivity contribution in [3.8, 4) is 0 Å². The summed E-state index contributed by atoms with van der Waals surface area (Å²) >= 11 is 0. The van der Waals surface area contributed by atoms with Crippen LogP contribution in [-0.2, 0) is 0 Å². The van der Waals surface area contributed by atoms with Gasteiger partial charge in [-0.15, -0.1) is 0 Å². The molecule has 22 heavy (non-hydrogen) atoms. The monoisotopic (exact) mass is 309 g/mol. The average molecular weight is 310 g/mol. The van der Waals surface area contributed by atoms with Gasteiger partial charge in [0.15, 0.2) is 0 Å². The van der Waals surface area contributed by atoms with Crippen LogP contribution in [0, 0.1) is 0 Å². The molecule has 0 saturated heterocycles. The standard InChI is InChI=1S/C21H29Si/c22-19-14-13-18(15-7-1-2-8-15)20(16-9-3-4-10-16)21(19)17-11-5-6-12-17/h13-17H,1-12H2. The fraction of sp³-hybridized carbons (Fsp3) is 0.714. The Bertz CT molecular complexity index is 515. The molecule has 1 aromatic carbocycles. The second-order valence-corrected chi connectivity index (χ2v) is 8.51. The fourth-order valence-electron chi connectivity index (χ4n) is 5.57. The summed E-state index contributed by atoms with van der Waals surface area (Å²) in [6.07, 6.45) is 17.3. The van der Waals surface area contributed by atoms with Gasteiger partial charge in [-0.3, -0.25) is 0 Å². The Balaban J connectivity index is 1.81. The summed E-state index contributed by atoms with van der Waals surface area (Å²) in [5.41, 5.74) is 5.32. The Morgan fingerprint density at radius 1 is 0.591 bits per heavy atom. The normalized spacial score (nSPS) is 24.6. The molecule has 0 nitrogen and oxygen atoms in total. The molecule has 3 saturated carbocycles. The quantitative estimate of drug-likeness (QED) is 0.651. The molecule has 3 aliphatic carbocycles. The van der Waals surface area contributed by atoms with E-state index in [2.05, 4.69) is 22.4 Å². The Labute approximate surface area is 139 Å². The van der Waals surface area contributed by atoms with Gasteiger partial charge in [-0.2, -0.15) is 0 Å². The lowest BCUT2D eigenvalue weighted by molar-refractivity contribution is 0.634. The molecule has 3 radical (unpaired) electrons. The van der Waals surface area contributed by atoms with Crippen LogP contribution in [0.5, 0.6) is 0 Å². The maximum atomic E-state index is 4.00. The second-order valence-electron chi connectivity index (χ2n) is 7.97. The summed E-state index contributed by atoms with van der Waals surface area (Å²) in [7, 11) is 4.00. The largest absolute Gasteiger partial charge is 0.0716 e. The van der Waals surface area contributed by atoms with Crippen molar-refractivity contribution in [1.29, 1.82) is 0 Å². The van der Waals surface area contributed by atoms with Gasteiger partial charge in [0.05, 0.1) is 10.2 Å². The van der Waals surface area contributed by atoms with Crippen molar-refractivity contribution in [2.24, 2.45) is 0 Å². The zero-order valence-corrected chi connectivity index (χ0v) is 14.9. The van der Waals surface area contributed by atoms with E-state index in [1.54, 1.807) is 11.1 Å². The lowest BCUT2D eigenvalue weighted by Gasteiger charge is -2.28. The third kappa shape index (κ3) is 2.70. The van der Waals surface area contributed by atoms with Crippen LogP contribution in [0.4, 0.5) is 0 Å². The SMILES string of the molecule is [Si]c1ccc(C2CCCC2)c(C2CCCC2)c1C1CCCC1. The molecule has 0 amide bonds. The summed E-state index contributed by atoms with van der Waals surface area (Å²) in [5.74, 6) is 2.56. The highest BCUT2D eigenvalue weighted by Crippen LogP contribution is 2.47. The van der Waals surface area contributed by atoms with E-state index < -0.39 is 0 Å². The Kier molecular flexibility index (Phi) is 4.44. The third-order valence-corrected chi connectivity index (χ3v) is 7.08. The maximum absolute atomic E-state index is 4.00. The predicted octanol–water partition coefficient (Wildman–Crippen LogP) is 5.45. The lowest BCUT2D eigenvalue weighted by atomic mass is 9.79. The first-order valence-corrected chi connectivity index (χ1v) is 10.2. The number of hydrogen-bond donors (Lipinski definition) is 0. The van der Waals surface area contributed by atoms with E-state index in [0.717, 1.165) is 17.8 Å². The van der Waals surface area contributed by atoms with Crippen LogP contribution in [-0.4, -0.2) is 10.2 Å². The van der Waals surface area contributed by atoms with Gasteiger partial charge >= 0.3 is 0 Å². The van der Waals surface area contributed by atoms with Gasteiger partial charge in [-0.1, -0.05) is 55.8 Å². The summed E-state index contributed by atoms with van der Waals surface area (Å²) < 4.78 is 0. The van der Waals surface area contributed by atoms with Gasteiger partial charge in [-0.25, -0.2) is 0 Å². The van der Waals surface area contributed by atoms with Crippen molar-refractivity contribution in [3.05, 3.63) is 28.8 Å². The summed E-state index contributed by atoms with van der Waals surface area (Å²) in [6.45, 7) is 0. The van der Waals surface area contributed by atoms with Crippen LogP contribution in [0.1, 0.15) is 111 Å². The maximum Gasteiger partial charge on any atom is 0.0716 e. The zero-order chi connectivity index (χ0) is 14.9. The van der Waals surface area contributed by atoms with Crippen LogP contribution in [0.3, 0.4) is 0 Å². The fourth-order valence-corrected chi connectivity index (χ4v) is 5.99. The molecule has 0 spiro atoms. The molecule has 1 aromatic rings. The lowest BCUT2D eigenvalue weighted by Crippen LogP contribution is -2.20. The van der Waals surface area contributed by atoms with Crippen LogP contribution in [0.2, 0.25) is 0 Å². The van der Waals surface area contributed by atoms with E-state index in [9.17, 15) is 0 Å². The van der Waals surface area contributed by atoms with Gasteiger partial charge in [0, 0.05) is 0 Å². The molecule has 4 rings (SSSR count). The van der Waals surface area contributed by atoms with Crippen molar-refractivity contribution >= 4 is 15.4 Å². The van der Waals surface area contributed by atoms with Crippen LogP contribution in [0.25, 0.3) is 0 Å². The minimum atomic E-state index is 0.837. The van der Waals surface area contributed by atoms with Crippen molar-refractivity contribution in [1.82, 2.24) is 0 Å². The molecule has 1 heteroatoms. The van der Waals surface area contributed by atoms with E-state index in [-0.39, 0.29) is 0 Å². The molecule has 0 unspecified atom stereocenters. The highest BCUT2D eigenvalue weighted by atomic mass is 28.1.